The fraction of sp³-hybridized carbons (Fsp3) is 0.900. The standard InChI is InChI=1S/C20H34FN5O2S/c1-14-13-26(17-8-5-4-7-16(14)17)19-23-22-18(15(2)24-29(3,27)28)25(19)12-11-20(21)9-6-10-20/h14-17,24H,4-13H2,1-3H3. The fourth-order valence-electron chi connectivity index (χ4n) is 5.55. The van der Waals surface area contributed by atoms with E-state index in [9.17, 15) is 12.8 Å². The van der Waals surface area contributed by atoms with Crippen molar-refractivity contribution >= 4 is 16.0 Å². The van der Waals surface area contributed by atoms with Crippen molar-refractivity contribution in [2.24, 2.45) is 11.8 Å². The van der Waals surface area contributed by atoms with E-state index in [0.29, 0.717) is 49.5 Å². The first kappa shape index (κ1) is 21.0. The molecule has 0 bridgehead atoms. The van der Waals surface area contributed by atoms with E-state index in [1.165, 1.54) is 19.3 Å². The zero-order valence-corrected chi connectivity index (χ0v) is 18.6. The number of alkyl halides is 1. The van der Waals surface area contributed by atoms with Crippen LogP contribution in [0.3, 0.4) is 0 Å². The number of hydrogen-bond donors (Lipinski definition) is 1. The minimum Gasteiger partial charge on any atom is -0.337 e. The Balaban J connectivity index is 1.63. The van der Waals surface area contributed by atoms with Gasteiger partial charge in [-0.2, -0.15) is 0 Å². The molecular formula is C20H34FN5O2S. The summed E-state index contributed by atoms with van der Waals surface area (Å²) in [5.74, 6) is 2.62. The molecule has 1 aliphatic heterocycles. The molecular weight excluding hydrogens is 393 g/mol. The summed E-state index contributed by atoms with van der Waals surface area (Å²) in [4.78, 5) is 2.36. The molecule has 4 unspecified atom stereocenters. The van der Waals surface area contributed by atoms with Crippen LogP contribution in [0.25, 0.3) is 0 Å². The van der Waals surface area contributed by atoms with Crippen LogP contribution in [0, 0.1) is 11.8 Å². The predicted octanol–water partition coefficient (Wildman–Crippen LogP) is 3.19. The molecule has 29 heavy (non-hydrogen) atoms. The summed E-state index contributed by atoms with van der Waals surface area (Å²) in [6.07, 6.45) is 8.66. The smallest absolute Gasteiger partial charge is 0.227 e. The van der Waals surface area contributed by atoms with Crippen LogP contribution in [0.5, 0.6) is 0 Å². The highest BCUT2D eigenvalue weighted by Crippen LogP contribution is 2.43. The summed E-state index contributed by atoms with van der Waals surface area (Å²) < 4.78 is 42.9. The Bertz CT molecular complexity index is 838. The summed E-state index contributed by atoms with van der Waals surface area (Å²) in [6.45, 7) is 5.49. The highest BCUT2D eigenvalue weighted by molar-refractivity contribution is 7.88. The van der Waals surface area contributed by atoms with Crippen LogP contribution in [-0.4, -0.2) is 47.7 Å². The molecule has 1 aromatic rings. The number of halogens is 1. The third kappa shape index (κ3) is 4.31. The topological polar surface area (TPSA) is 80.1 Å². The molecule has 9 heteroatoms. The van der Waals surface area contributed by atoms with E-state index < -0.39 is 21.7 Å². The van der Waals surface area contributed by atoms with Crippen LogP contribution in [0.15, 0.2) is 0 Å². The highest BCUT2D eigenvalue weighted by Gasteiger charge is 2.43. The van der Waals surface area contributed by atoms with Crippen molar-refractivity contribution in [3.63, 3.8) is 0 Å². The largest absolute Gasteiger partial charge is 0.337 e. The van der Waals surface area contributed by atoms with Crippen molar-refractivity contribution in [2.45, 2.75) is 89.5 Å². The molecule has 0 spiro atoms. The Morgan fingerprint density at radius 2 is 1.97 bits per heavy atom. The summed E-state index contributed by atoms with van der Waals surface area (Å²) in [5, 5.41) is 8.87. The van der Waals surface area contributed by atoms with Gasteiger partial charge in [0.15, 0.2) is 5.82 Å². The summed E-state index contributed by atoms with van der Waals surface area (Å²) in [5.41, 5.74) is -1.10. The van der Waals surface area contributed by atoms with E-state index in [4.69, 9.17) is 0 Å². The maximum absolute atomic E-state index is 14.8. The Morgan fingerprint density at radius 3 is 2.62 bits per heavy atom. The Kier molecular flexibility index (Phi) is 5.65. The predicted molar refractivity (Wildman–Crippen MR) is 111 cm³/mol. The van der Waals surface area contributed by atoms with Gasteiger partial charge in [0.2, 0.25) is 16.0 Å². The molecule has 1 saturated heterocycles. The molecule has 1 aromatic heterocycles. The van der Waals surface area contributed by atoms with Crippen LogP contribution < -0.4 is 9.62 Å². The third-order valence-corrected chi connectivity index (χ3v) is 8.01. The third-order valence-electron chi connectivity index (χ3n) is 7.23. The van der Waals surface area contributed by atoms with Gasteiger partial charge in [0.05, 0.1) is 12.3 Å². The van der Waals surface area contributed by atoms with E-state index in [2.05, 4.69) is 26.7 Å². The number of nitrogens with one attached hydrogen (secondary N) is 1. The number of aromatic nitrogens is 3. The SMILES string of the molecule is CC(NS(C)(=O)=O)c1nnc(N2CC(C)C3CCCCC32)n1CCC1(F)CCC1. The monoisotopic (exact) mass is 427 g/mol. The van der Waals surface area contributed by atoms with Crippen molar-refractivity contribution in [1.82, 2.24) is 19.5 Å². The maximum Gasteiger partial charge on any atom is 0.227 e. The van der Waals surface area contributed by atoms with Crippen LogP contribution in [0.1, 0.15) is 77.1 Å². The molecule has 3 aliphatic rings. The van der Waals surface area contributed by atoms with Crippen LogP contribution in [0.4, 0.5) is 10.3 Å². The first-order chi connectivity index (χ1) is 13.7. The van der Waals surface area contributed by atoms with Crippen molar-refractivity contribution < 1.29 is 12.8 Å². The molecule has 0 amide bonds. The van der Waals surface area contributed by atoms with Gasteiger partial charge in [0.1, 0.15) is 5.67 Å². The lowest BCUT2D eigenvalue weighted by atomic mass is 9.79. The number of fused-ring (bicyclic) bond motifs is 1. The van der Waals surface area contributed by atoms with Crippen LogP contribution in [-0.2, 0) is 16.6 Å². The van der Waals surface area contributed by atoms with Crippen molar-refractivity contribution in [1.29, 1.82) is 0 Å². The first-order valence-corrected chi connectivity index (χ1v) is 12.9. The lowest BCUT2D eigenvalue weighted by Crippen LogP contribution is -2.38. The number of anilines is 1. The molecule has 1 N–H and O–H groups in total. The molecule has 2 heterocycles. The first-order valence-electron chi connectivity index (χ1n) is 11.0. The minimum atomic E-state index is -3.38. The van der Waals surface area contributed by atoms with Gasteiger partial charge in [-0.05, 0) is 57.3 Å². The summed E-state index contributed by atoms with van der Waals surface area (Å²) >= 11 is 0. The number of hydrogen-bond acceptors (Lipinski definition) is 5. The van der Waals surface area contributed by atoms with E-state index in [1.54, 1.807) is 6.92 Å². The second-order valence-corrected chi connectivity index (χ2v) is 11.3. The molecule has 4 atom stereocenters. The fourth-order valence-corrected chi connectivity index (χ4v) is 6.30. The highest BCUT2D eigenvalue weighted by atomic mass is 32.2. The van der Waals surface area contributed by atoms with Crippen molar-refractivity contribution in [2.75, 3.05) is 17.7 Å². The number of nitrogens with zero attached hydrogens (tertiary/aromatic N) is 4. The van der Waals surface area contributed by atoms with Gasteiger partial charge in [-0.3, -0.25) is 4.57 Å². The van der Waals surface area contributed by atoms with Gasteiger partial charge in [-0.15, -0.1) is 10.2 Å². The Morgan fingerprint density at radius 1 is 1.24 bits per heavy atom. The molecule has 0 radical (unpaired) electrons. The molecule has 4 rings (SSSR count). The van der Waals surface area contributed by atoms with Gasteiger partial charge in [0, 0.05) is 19.1 Å². The molecule has 7 nitrogen and oxygen atoms in total. The zero-order valence-electron chi connectivity index (χ0n) is 17.8. The Labute approximate surface area is 173 Å². The Hall–Kier alpha value is -1.22. The van der Waals surface area contributed by atoms with Gasteiger partial charge >= 0.3 is 0 Å². The van der Waals surface area contributed by atoms with Crippen molar-refractivity contribution in [3.05, 3.63) is 5.82 Å². The van der Waals surface area contributed by atoms with E-state index in [1.807, 2.05) is 4.57 Å². The van der Waals surface area contributed by atoms with E-state index >= 15 is 0 Å². The average Bonchev–Trinajstić information content (AvgIpc) is 3.18. The summed E-state index contributed by atoms with van der Waals surface area (Å²) in [6, 6.07) is -0.0545. The lowest BCUT2D eigenvalue weighted by molar-refractivity contribution is 0.0488. The van der Waals surface area contributed by atoms with E-state index in [-0.39, 0.29) is 0 Å². The van der Waals surface area contributed by atoms with Gasteiger partial charge in [-0.25, -0.2) is 17.5 Å². The normalized spacial score (nSPS) is 30.1. The minimum absolute atomic E-state index is 0.425. The molecule has 3 fully saturated rings. The van der Waals surface area contributed by atoms with E-state index in [0.717, 1.165) is 31.6 Å². The second-order valence-electron chi connectivity index (χ2n) is 9.52. The van der Waals surface area contributed by atoms with Gasteiger partial charge in [0.25, 0.3) is 0 Å². The average molecular weight is 428 g/mol. The maximum atomic E-state index is 14.8. The molecule has 2 saturated carbocycles. The van der Waals surface area contributed by atoms with Crippen molar-refractivity contribution in [3.8, 4) is 0 Å². The van der Waals surface area contributed by atoms with Gasteiger partial charge < -0.3 is 4.90 Å². The quantitative estimate of drug-likeness (QED) is 0.723. The summed E-state index contributed by atoms with van der Waals surface area (Å²) in [7, 11) is -3.38. The van der Waals surface area contributed by atoms with Gasteiger partial charge in [-0.1, -0.05) is 19.8 Å². The van der Waals surface area contributed by atoms with Crippen LogP contribution >= 0.6 is 0 Å². The molecule has 2 aliphatic carbocycles. The molecule has 0 aromatic carbocycles. The zero-order chi connectivity index (χ0) is 20.8. The molecule has 164 valence electrons. The lowest BCUT2D eigenvalue weighted by Gasteiger charge is -2.35. The number of rotatable bonds is 7. The second kappa shape index (κ2) is 7.80. The number of sulfonamides is 1. The van der Waals surface area contributed by atoms with Crippen LogP contribution in [0.2, 0.25) is 0 Å².